The number of nitrogens with one attached hydrogen (secondary N) is 1. The highest BCUT2D eigenvalue weighted by atomic mass is 32.1. The van der Waals surface area contributed by atoms with Crippen LogP contribution in [0.1, 0.15) is 16.1 Å². The van der Waals surface area contributed by atoms with Gasteiger partial charge in [-0.25, -0.2) is 4.79 Å². The van der Waals surface area contributed by atoms with Crippen LogP contribution in [0.25, 0.3) is 0 Å². The Morgan fingerprint density at radius 3 is 2.63 bits per heavy atom. The number of carbonyl (C=O) groups is 3. The lowest BCUT2D eigenvalue weighted by atomic mass is 10.2. The quantitative estimate of drug-likeness (QED) is 0.739. The minimum absolute atomic E-state index is 0.249. The molecule has 19 heavy (non-hydrogen) atoms. The summed E-state index contributed by atoms with van der Waals surface area (Å²) in [5.41, 5.74) is 0. The summed E-state index contributed by atoms with van der Waals surface area (Å²) in [6, 6.07) is 0.252. The Hall–Kier alpha value is -2.09. The van der Waals surface area contributed by atoms with Crippen LogP contribution in [-0.4, -0.2) is 43.2 Å². The summed E-state index contributed by atoms with van der Waals surface area (Å²) in [6.07, 6.45) is -0.439. The molecular weight excluding hydrogens is 274 g/mol. The van der Waals surface area contributed by atoms with Gasteiger partial charge in [-0.1, -0.05) is 0 Å². The van der Waals surface area contributed by atoms with Crippen LogP contribution in [0.15, 0.2) is 11.4 Å². The van der Waals surface area contributed by atoms with E-state index in [1.54, 1.807) is 11.4 Å². The van der Waals surface area contributed by atoms with Crippen LogP contribution in [0, 0.1) is 0 Å². The Bertz CT molecular complexity index is 483. The van der Waals surface area contributed by atoms with Crippen molar-refractivity contribution < 1.29 is 29.0 Å². The van der Waals surface area contributed by atoms with Gasteiger partial charge in [0.25, 0.3) is 5.91 Å². The molecule has 0 radical (unpaired) electrons. The van der Waals surface area contributed by atoms with Gasteiger partial charge < -0.3 is 19.9 Å². The fourth-order valence-corrected chi connectivity index (χ4v) is 2.06. The highest BCUT2D eigenvalue weighted by Gasteiger charge is 2.25. The molecule has 1 atom stereocenters. The van der Waals surface area contributed by atoms with Crippen molar-refractivity contribution in [3.05, 3.63) is 16.3 Å². The first kappa shape index (κ1) is 15.0. The molecule has 1 rings (SSSR count). The second kappa shape index (κ2) is 6.74. The zero-order valence-corrected chi connectivity index (χ0v) is 11.2. The Morgan fingerprint density at radius 2 is 2.11 bits per heavy atom. The molecule has 0 fully saturated rings. The van der Waals surface area contributed by atoms with Crippen LogP contribution < -0.4 is 10.1 Å². The topological polar surface area (TPSA) is 102 Å². The molecule has 0 saturated carbocycles. The summed E-state index contributed by atoms with van der Waals surface area (Å²) < 4.78 is 9.33. The molecule has 0 aliphatic rings. The molecular formula is C11H13NO6S. The number of carbonyl (C=O) groups excluding carboxylic acids is 2. The number of amides is 1. The highest BCUT2D eigenvalue weighted by molar-refractivity contribution is 7.12. The molecule has 1 aromatic rings. The van der Waals surface area contributed by atoms with Crippen molar-refractivity contribution in [2.24, 2.45) is 0 Å². The molecule has 8 heteroatoms. The molecule has 0 bridgehead atoms. The fraction of sp³-hybridized carbons (Fsp3) is 0.364. The lowest BCUT2D eigenvalue weighted by Crippen LogP contribution is -2.42. The van der Waals surface area contributed by atoms with E-state index in [4.69, 9.17) is 9.84 Å². The van der Waals surface area contributed by atoms with Crippen molar-refractivity contribution in [2.45, 2.75) is 12.5 Å². The van der Waals surface area contributed by atoms with Gasteiger partial charge in [-0.2, -0.15) is 0 Å². The first-order valence-corrected chi connectivity index (χ1v) is 6.09. The van der Waals surface area contributed by atoms with Gasteiger partial charge in [-0.15, -0.1) is 11.3 Å². The van der Waals surface area contributed by atoms with Gasteiger partial charge in [0.15, 0.2) is 0 Å². The predicted octanol–water partition coefficient (Wildman–Crippen LogP) is 0.503. The lowest BCUT2D eigenvalue weighted by molar-refractivity contribution is -0.147. The number of hydrogen-bond acceptors (Lipinski definition) is 6. The summed E-state index contributed by atoms with van der Waals surface area (Å²) in [4.78, 5) is 34.1. The monoisotopic (exact) mass is 287 g/mol. The van der Waals surface area contributed by atoms with E-state index >= 15 is 0 Å². The number of carboxylic acids is 1. The number of esters is 1. The van der Waals surface area contributed by atoms with Crippen molar-refractivity contribution in [3.63, 3.8) is 0 Å². The van der Waals surface area contributed by atoms with Crippen molar-refractivity contribution in [1.29, 1.82) is 0 Å². The SMILES string of the molecule is COC(=O)C[C@H](NC(=O)c1sccc1OC)C(=O)O. The number of rotatable bonds is 6. The van der Waals surface area contributed by atoms with Crippen LogP contribution in [0.5, 0.6) is 5.75 Å². The van der Waals surface area contributed by atoms with Gasteiger partial charge in [0.05, 0.1) is 20.6 Å². The number of thiophene rings is 1. The summed E-state index contributed by atoms with van der Waals surface area (Å²) >= 11 is 1.11. The summed E-state index contributed by atoms with van der Waals surface area (Å²) in [5, 5.41) is 12.8. The normalized spacial score (nSPS) is 11.5. The second-order valence-corrected chi connectivity index (χ2v) is 4.38. The van der Waals surface area contributed by atoms with Crippen LogP contribution in [0.4, 0.5) is 0 Å². The molecule has 0 aliphatic heterocycles. The predicted molar refractivity (Wildman–Crippen MR) is 66.4 cm³/mol. The average Bonchev–Trinajstić information content (AvgIpc) is 2.85. The Labute approximate surface area is 113 Å². The van der Waals surface area contributed by atoms with Gasteiger partial charge in [-0.3, -0.25) is 9.59 Å². The van der Waals surface area contributed by atoms with E-state index in [0.717, 1.165) is 18.4 Å². The average molecular weight is 287 g/mol. The Morgan fingerprint density at radius 1 is 1.42 bits per heavy atom. The van der Waals surface area contributed by atoms with Gasteiger partial charge >= 0.3 is 11.9 Å². The lowest BCUT2D eigenvalue weighted by Gasteiger charge is -2.13. The van der Waals surface area contributed by atoms with E-state index in [1.165, 1.54) is 7.11 Å². The maximum Gasteiger partial charge on any atom is 0.326 e. The third-order valence-electron chi connectivity index (χ3n) is 2.26. The molecule has 0 saturated heterocycles. The van der Waals surface area contributed by atoms with E-state index in [-0.39, 0.29) is 4.88 Å². The molecule has 0 aliphatic carbocycles. The first-order valence-electron chi connectivity index (χ1n) is 5.21. The summed E-state index contributed by atoms with van der Waals surface area (Å²) in [5.74, 6) is -2.28. The standard InChI is InChI=1S/C11H13NO6S/c1-17-7-3-4-19-9(7)10(14)12-6(11(15)16)5-8(13)18-2/h3-4,6H,5H2,1-2H3,(H,12,14)(H,15,16)/t6-/m0/s1. The van der Waals surface area contributed by atoms with Gasteiger partial charge in [-0.05, 0) is 11.4 Å². The molecule has 1 heterocycles. The minimum Gasteiger partial charge on any atom is -0.495 e. The number of aliphatic carboxylic acids is 1. The van der Waals surface area contributed by atoms with E-state index in [0.29, 0.717) is 5.75 Å². The molecule has 1 aromatic heterocycles. The van der Waals surface area contributed by atoms with Crippen molar-refractivity contribution in [1.82, 2.24) is 5.32 Å². The van der Waals surface area contributed by atoms with Gasteiger partial charge in [0.2, 0.25) is 0 Å². The Balaban J connectivity index is 2.77. The van der Waals surface area contributed by atoms with Gasteiger partial charge in [0.1, 0.15) is 16.7 Å². The van der Waals surface area contributed by atoms with Gasteiger partial charge in [0, 0.05) is 0 Å². The largest absolute Gasteiger partial charge is 0.495 e. The molecule has 0 unspecified atom stereocenters. The number of carboxylic acid groups (broad SMARTS) is 1. The molecule has 104 valence electrons. The van der Waals surface area contributed by atoms with Crippen LogP contribution in [-0.2, 0) is 14.3 Å². The smallest absolute Gasteiger partial charge is 0.326 e. The van der Waals surface area contributed by atoms with Crippen LogP contribution >= 0.6 is 11.3 Å². The van der Waals surface area contributed by atoms with E-state index in [2.05, 4.69) is 10.1 Å². The molecule has 1 amide bonds. The van der Waals surface area contributed by atoms with E-state index < -0.39 is 30.3 Å². The van der Waals surface area contributed by atoms with Crippen molar-refractivity contribution in [2.75, 3.05) is 14.2 Å². The molecule has 7 nitrogen and oxygen atoms in total. The van der Waals surface area contributed by atoms with Crippen molar-refractivity contribution >= 4 is 29.2 Å². The first-order chi connectivity index (χ1) is 8.99. The Kier molecular flexibility index (Phi) is 5.31. The summed E-state index contributed by atoms with van der Waals surface area (Å²) in [7, 11) is 2.55. The maximum atomic E-state index is 11.9. The summed E-state index contributed by atoms with van der Waals surface area (Å²) in [6.45, 7) is 0. The molecule has 0 spiro atoms. The third-order valence-corrected chi connectivity index (χ3v) is 3.15. The number of hydrogen-bond donors (Lipinski definition) is 2. The minimum atomic E-state index is -1.34. The highest BCUT2D eigenvalue weighted by Crippen LogP contribution is 2.24. The molecule has 0 aromatic carbocycles. The van der Waals surface area contributed by atoms with Crippen LogP contribution in [0.3, 0.4) is 0 Å². The second-order valence-electron chi connectivity index (χ2n) is 3.46. The van der Waals surface area contributed by atoms with E-state index in [9.17, 15) is 14.4 Å². The number of methoxy groups -OCH3 is 2. The van der Waals surface area contributed by atoms with Crippen molar-refractivity contribution in [3.8, 4) is 5.75 Å². The van der Waals surface area contributed by atoms with Crippen LogP contribution in [0.2, 0.25) is 0 Å². The third kappa shape index (κ3) is 3.95. The number of ether oxygens (including phenoxy) is 2. The molecule has 2 N–H and O–H groups in total. The zero-order chi connectivity index (χ0) is 14.4. The fourth-order valence-electron chi connectivity index (χ4n) is 1.30. The zero-order valence-electron chi connectivity index (χ0n) is 10.3. The maximum absolute atomic E-state index is 11.9. The van der Waals surface area contributed by atoms with E-state index in [1.807, 2.05) is 0 Å².